The van der Waals surface area contributed by atoms with Gasteiger partial charge in [-0.1, -0.05) is 134 Å². The molecule has 2 aliphatic rings. The summed E-state index contributed by atoms with van der Waals surface area (Å²) in [5, 5.41) is 0. The van der Waals surface area contributed by atoms with E-state index in [2.05, 4.69) is 0 Å². The van der Waals surface area contributed by atoms with Crippen molar-refractivity contribution in [2.45, 2.75) is 101 Å². The summed E-state index contributed by atoms with van der Waals surface area (Å²) in [7, 11) is 0. The lowest BCUT2D eigenvalue weighted by Gasteiger charge is -2.49. The second-order valence-corrected chi connectivity index (χ2v) is 16.1. The summed E-state index contributed by atoms with van der Waals surface area (Å²) in [6.45, 7) is 6.50. The van der Waals surface area contributed by atoms with Crippen molar-refractivity contribution in [3.8, 4) is 0 Å². The van der Waals surface area contributed by atoms with E-state index >= 15 is 0 Å². The van der Waals surface area contributed by atoms with Gasteiger partial charge in [0, 0.05) is 0 Å². The molecular weight excluding hydrogens is 781 g/mol. The van der Waals surface area contributed by atoms with E-state index < -0.39 is 72.5 Å². The Bertz CT molecular complexity index is 2040. The third kappa shape index (κ3) is 11.3. The lowest BCUT2D eigenvalue weighted by molar-refractivity contribution is -0.342. The van der Waals surface area contributed by atoms with Gasteiger partial charge in [0.2, 0.25) is 0 Å². The highest BCUT2D eigenvalue weighted by Crippen LogP contribution is 2.38. The zero-order valence-electron chi connectivity index (χ0n) is 34.0. The second-order valence-electron chi connectivity index (χ2n) is 14.7. The molecule has 0 bridgehead atoms. The van der Waals surface area contributed by atoms with Crippen molar-refractivity contribution >= 4 is 23.7 Å². The molecule has 60 heavy (non-hydrogen) atoms. The van der Waals surface area contributed by atoms with Crippen LogP contribution in [0.15, 0.2) is 152 Å². The van der Waals surface area contributed by atoms with Crippen LogP contribution in [-0.4, -0.2) is 78.2 Å². The minimum Gasteiger partial charge on any atom is -0.452 e. The van der Waals surface area contributed by atoms with Gasteiger partial charge in [-0.25, -0.2) is 9.59 Å². The number of carbonyl (C=O) groups is 2. The summed E-state index contributed by atoms with van der Waals surface area (Å²) in [5.41, 5.74) is 2.91. The third-order valence-electron chi connectivity index (χ3n) is 10.4. The molecule has 5 aromatic rings. The third-order valence-corrected chi connectivity index (χ3v) is 11.5. The first-order chi connectivity index (χ1) is 29.4. The SMILES string of the molecule is CCS[C@@H]1O[C@@H](C)[C@H](OCc2ccccc2)[C@@H](O[C@@H]2O[C@@H](C)[C@H](OCc3ccccc3)[C@@H](OCc3ccccc3)[C@H]2OC(=O)c2ccccc2)[C@H]1OC(=O)c1ccccc1. The Kier molecular flexibility index (Phi) is 15.6. The molecule has 2 heterocycles. The summed E-state index contributed by atoms with van der Waals surface area (Å²) >= 11 is 1.50. The molecule has 0 unspecified atom stereocenters. The molecule has 5 aromatic carbocycles. The minimum absolute atomic E-state index is 0.194. The van der Waals surface area contributed by atoms with E-state index in [1.54, 1.807) is 48.5 Å². The smallest absolute Gasteiger partial charge is 0.338 e. The van der Waals surface area contributed by atoms with E-state index in [4.69, 9.17) is 37.9 Å². The van der Waals surface area contributed by atoms with Crippen LogP contribution in [0.2, 0.25) is 0 Å². The van der Waals surface area contributed by atoms with Gasteiger partial charge in [0.15, 0.2) is 18.5 Å². The Hall–Kier alpha value is -4.85. The summed E-state index contributed by atoms with van der Waals surface area (Å²) in [6.07, 6.45) is -7.76. The largest absolute Gasteiger partial charge is 0.452 e. The molecule has 10 atom stereocenters. The van der Waals surface area contributed by atoms with Gasteiger partial charge in [0.05, 0.1) is 43.2 Å². The maximum absolute atomic E-state index is 14.1. The predicted octanol–water partition coefficient (Wildman–Crippen LogP) is 8.82. The lowest BCUT2D eigenvalue weighted by atomic mass is 9.96. The maximum atomic E-state index is 14.1. The Labute approximate surface area is 356 Å². The van der Waals surface area contributed by atoms with Crippen molar-refractivity contribution in [2.75, 3.05) is 5.75 Å². The molecule has 2 fully saturated rings. The zero-order chi connectivity index (χ0) is 41.7. The predicted molar refractivity (Wildman–Crippen MR) is 228 cm³/mol. The minimum atomic E-state index is -1.23. The highest BCUT2D eigenvalue weighted by Gasteiger charge is 2.54. The number of carbonyl (C=O) groups excluding carboxylic acids is 2. The molecule has 2 aliphatic heterocycles. The highest BCUT2D eigenvalue weighted by molar-refractivity contribution is 7.99. The van der Waals surface area contributed by atoms with Crippen molar-refractivity contribution in [3.63, 3.8) is 0 Å². The first-order valence-corrected chi connectivity index (χ1v) is 21.5. The maximum Gasteiger partial charge on any atom is 0.338 e. The number of rotatable bonds is 17. The lowest BCUT2D eigenvalue weighted by Crippen LogP contribution is -2.65. The van der Waals surface area contributed by atoms with Gasteiger partial charge in [-0.05, 0) is 60.6 Å². The van der Waals surface area contributed by atoms with Gasteiger partial charge in [-0.3, -0.25) is 0 Å². The normalized spacial score (nSPS) is 26.5. The Balaban J connectivity index is 1.27. The number of benzene rings is 5. The summed E-state index contributed by atoms with van der Waals surface area (Å²) in [4.78, 5) is 27.9. The van der Waals surface area contributed by atoms with Crippen LogP contribution in [0.5, 0.6) is 0 Å². The van der Waals surface area contributed by atoms with Gasteiger partial charge in [0.1, 0.15) is 29.9 Å². The van der Waals surface area contributed by atoms with E-state index in [-0.39, 0.29) is 19.8 Å². The number of thioether (sulfide) groups is 1. The molecule has 10 nitrogen and oxygen atoms in total. The van der Waals surface area contributed by atoms with Crippen LogP contribution in [0.1, 0.15) is 58.2 Å². The fraction of sp³-hybridized carbons (Fsp3) is 0.347. The molecule has 0 radical (unpaired) electrons. The van der Waals surface area contributed by atoms with Gasteiger partial charge in [-0.2, -0.15) is 0 Å². The van der Waals surface area contributed by atoms with E-state index in [1.165, 1.54) is 11.8 Å². The quantitative estimate of drug-likeness (QED) is 0.0840. The molecular formula is C49H52O10S. The molecule has 7 rings (SSSR count). The zero-order valence-corrected chi connectivity index (χ0v) is 34.8. The number of esters is 2. The van der Waals surface area contributed by atoms with Crippen LogP contribution in [0.4, 0.5) is 0 Å². The number of hydrogen-bond acceptors (Lipinski definition) is 11. The second kappa shape index (κ2) is 21.6. The van der Waals surface area contributed by atoms with Crippen LogP contribution < -0.4 is 0 Å². The van der Waals surface area contributed by atoms with E-state index in [0.29, 0.717) is 16.9 Å². The van der Waals surface area contributed by atoms with E-state index in [0.717, 1.165) is 16.7 Å². The summed E-state index contributed by atoms with van der Waals surface area (Å²) < 4.78 is 53.3. The average Bonchev–Trinajstić information content (AvgIpc) is 3.28. The van der Waals surface area contributed by atoms with Crippen LogP contribution in [0, 0.1) is 0 Å². The topological polar surface area (TPSA) is 108 Å². The van der Waals surface area contributed by atoms with Gasteiger partial charge in [0.25, 0.3) is 0 Å². The molecule has 0 aromatic heterocycles. The fourth-order valence-corrected chi connectivity index (χ4v) is 8.38. The van der Waals surface area contributed by atoms with Crippen molar-refractivity contribution < 1.29 is 47.5 Å². The van der Waals surface area contributed by atoms with Crippen LogP contribution in [0.25, 0.3) is 0 Å². The summed E-state index contributed by atoms with van der Waals surface area (Å²) in [5.74, 6) is -0.464. The monoisotopic (exact) mass is 832 g/mol. The highest BCUT2D eigenvalue weighted by atomic mass is 32.2. The molecule has 2 saturated heterocycles. The fourth-order valence-electron chi connectivity index (χ4n) is 7.40. The van der Waals surface area contributed by atoms with Gasteiger partial charge < -0.3 is 37.9 Å². The van der Waals surface area contributed by atoms with Crippen molar-refractivity contribution in [3.05, 3.63) is 179 Å². The van der Waals surface area contributed by atoms with Crippen molar-refractivity contribution in [1.82, 2.24) is 0 Å². The van der Waals surface area contributed by atoms with Gasteiger partial charge >= 0.3 is 11.9 Å². The Morgan fingerprint density at radius 2 is 0.867 bits per heavy atom. The molecule has 0 saturated carbocycles. The molecule has 0 amide bonds. The van der Waals surface area contributed by atoms with Gasteiger partial charge in [-0.15, -0.1) is 11.8 Å². The molecule has 11 heteroatoms. The van der Waals surface area contributed by atoms with E-state index in [9.17, 15) is 9.59 Å². The summed E-state index contributed by atoms with van der Waals surface area (Å²) in [6, 6.07) is 46.9. The number of hydrogen-bond donors (Lipinski definition) is 0. The first kappa shape index (κ1) is 43.2. The van der Waals surface area contributed by atoms with Crippen LogP contribution in [-0.2, 0) is 57.7 Å². The Morgan fingerprint density at radius 3 is 1.32 bits per heavy atom. The van der Waals surface area contributed by atoms with Crippen molar-refractivity contribution in [1.29, 1.82) is 0 Å². The molecule has 0 aliphatic carbocycles. The van der Waals surface area contributed by atoms with E-state index in [1.807, 2.05) is 124 Å². The molecule has 0 spiro atoms. The average molecular weight is 833 g/mol. The van der Waals surface area contributed by atoms with Crippen LogP contribution in [0.3, 0.4) is 0 Å². The van der Waals surface area contributed by atoms with Crippen LogP contribution >= 0.6 is 11.8 Å². The standard InChI is InChI=1S/C49H52O10S/c1-4-60-49-45(58-47(51)39-28-18-9-19-29-39)43(41(34(3)56-49)53-31-36-22-12-6-13-23-36)59-48-44(57-46(50)38-26-16-8-17-27-38)42(54-32-37-24-14-7-15-25-37)40(33(2)55-48)52-30-35-20-10-5-11-21-35/h5-29,33-34,40-45,48-49H,4,30-32H2,1-3H3/t33-,34-,40-,41-,42+,43+,44+,45+,48-,49-/m0/s1. The first-order valence-electron chi connectivity index (χ1n) is 20.4. The Morgan fingerprint density at radius 1 is 0.483 bits per heavy atom. The van der Waals surface area contributed by atoms with Crippen molar-refractivity contribution in [2.24, 2.45) is 0 Å². The molecule has 314 valence electrons. The number of ether oxygens (including phenoxy) is 8. The molecule has 0 N–H and O–H groups in total.